The van der Waals surface area contributed by atoms with Gasteiger partial charge in [-0.15, -0.1) is 5.10 Å². The van der Waals surface area contributed by atoms with Gasteiger partial charge in [0.05, 0.1) is 15.7 Å². The number of aryl methyl sites for hydroxylation is 1. The highest BCUT2D eigenvalue weighted by Crippen LogP contribution is 2.27. The van der Waals surface area contributed by atoms with Gasteiger partial charge in [-0.25, -0.2) is 9.67 Å². The van der Waals surface area contributed by atoms with Crippen LogP contribution < -0.4 is 5.32 Å². The summed E-state index contributed by atoms with van der Waals surface area (Å²) in [6.45, 7) is 1.97. The van der Waals surface area contributed by atoms with Crippen LogP contribution in [0.2, 0.25) is 15.1 Å². The van der Waals surface area contributed by atoms with Crippen molar-refractivity contribution in [3.8, 4) is 17.1 Å². The van der Waals surface area contributed by atoms with Crippen molar-refractivity contribution in [1.82, 2.24) is 14.8 Å². The van der Waals surface area contributed by atoms with Gasteiger partial charge < -0.3 is 5.32 Å². The zero-order valence-corrected chi connectivity index (χ0v) is 18.0. The molecule has 0 aliphatic carbocycles. The molecule has 4 rings (SSSR count). The van der Waals surface area contributed by atoms with Crippen molar-refractivity contribution in [2.24, 2.45) is 0 Å². The molecular formula is C22H15Cl3N4O. The lowest BCUT2D eigenvalue weighted by molar-refractivity contribution is 0.101. The Morgan fingerprint density at radius 1 is 0.933 bits per heavy atom. The molecule has 0 aliphatic rings. The number of amides is 1. The third-order valence-corrected chi connectivity index (χ3v) is 5.39. The fourth-order valence-corrected chi connectivity index (χ4v) is 3.44. The summed E-state index contributed by atoms with van der Waals surface area (Å²) in [6.07, 6.45) is 0. The van der Waals surface area contributed by atoms with Crippen molar-refractivity contribution in [3.63, 3.8) is 0 Å². The van der Waals surface area contributed by atoms with E-state index in [-0.39, 0.29) is 5.82 Å². The summed E-state index contributed by atoms with van der Waals surface area (Å²) >= 11 is 18.1. The Morgan fingerprint density at radius 2 is 1.73 bits per heavy atom. The summed E-state index contributed by atoms with van der Waals surface area (Å²) in [5, 5.41) is 8.53. The van der Waals surface area contributed by atoms with Crippen LogP contribution in [0, 0.1) is 6.92 Å². The number of para-hydroxylation sites is 1. The molecule has 4 aromatic rings. The lowest BCUT2D eigenvalue weighted by atomic mass is 10.2. The molecule has 0 bridgehead atoms. The minimum absolute atomic E-state index is 0.0132. The summed E-state index contributed by atoms with van der Waals surface area (Å²) in [7, 11) is 0. The third kappa shape index (κ3) is 4.19. The van der Waals surface area contributed by atoms with Gasteiger partial charge in [-0.3, -0.25) is 4.79 Å². The van der Waals surface area contributed by atoms with Crippen LogP contribution in [0.25, 0.3) is 17.1 Å². The van der Waals surface area contributed by atoms with Gasteiger partial charge in [-0.05, 0) is 48.9 Å². The van der Waals surface area contributed by atoms with Crippen LogP contribution >= 0.6 is 34.8 Å². The number of carbonyl (C=O) groups is 1. The number of hydrogen-bond acceptors (Lipinski definition) is 3. The fourth-order valence-electron chi connectivity index (χ4n) is 2.95. The molecule has 1 N–H and O–H groups in total. The Labute approximate surface area is 188 Å². The van der Waals surface area contributed by atoms with E-state index in [2.05, 4.69) is 15.4 Å². The highest BCUT2D eigenvalue weighted by atomic mass is 35.5. The summed E-state index contributed by atoms with van der Waals surface area (Å²) in [5.41, 5.74) is 3.04. The quantitative estimate of drug-likeness (QED) is 0.383. The van der Waals surface area contributed by atoms with Crippen LogP contribution in [0.1, 0.15) is 16.2 Å². The summed E-state index contributed by atoms with van der Waals surface area (Å²) in [5.74, 6) is 0.0504. The van der Waals surface area contributed by atoms with Crippen LogP contribution in [-0.2, 0) is 0 Å². The van der Waals surface area contributed by atoms with Crippen LogP contribution in [-0.4, -0.2) is 20.7 Å². The molecule has 0 atom stereocenters. The molecular weight excluding hydrogens is 443 g/mol. The Morgan fingerprint density at radius 3 is 2.47 bits per heavy atom. The number of benzene rings is 3. The maximum atomic E-state index is 12.8. The van der Waals surface area contributed by atoms with Crippen molar-refractivity contribution in [2.45, 2.75) is 6.92 Å². The van der Waals surface area contributed by atoms with Gasteiger partial charge in [0, 0.05) is 16.3 Å². The van der Waals surface area contributed by atoms with Crippen LogP contribution in [0.3, 0.4) is 0 Å². The third-order valence-electron chi connectivity index (χ3n) is 4.41. The molecule has 0 saturated heterocycles. The largest absolute Gasteiger partial charge is 0.319 e. The van der Waals surface area contributed by atoms with E-state index in [9.17, 15) is 4.79 Å². The van der Waals surface area contributed by atoms with Crippen molar-refractivity contribution < 1.29 is 4.79 Å². The van der Waals surface area contributed by atoms with E-state index in [1.54, 1.807) is 35.0 Å². The number of rotatable bonds is 4. The van der Waals surface area contributed by atoms with Gasteiger partial charge in [0.15, 0.2) is 5.82 Å². The minimum atomic E-state index is -0.469. The number of hydrogen-bond donors (Lipinski definition) is 1. The topological polar surface area (TPSA) is 59.8 Å². The standard InChI is InChI=1S/C22H15Cl3N4O/c1-13-5-2-3-8-19(13)29-21(14-6-4-7-15(23)11-14)27-20(28-29)22(30)26-16-9-10-17(24)18(25)12-16/h2-12H,1H3,(H,26,30). The molecule has 0 radical (unpaired) electrons. The summed E-state index contributed by atoms with van der Waals surface area (Å²) in [4.78, 5) is 17.3. The van der Waals surface area contributed by atoms with E-state index in [1.165, 1.54) is 0 Å². The smallest absolute Gasteiger partial charge is 0.295 e. The first-order valence-corrected chi connectivity index (χ1v) is 10.1. The number of nitrogens with one attached hydrogen (secondary N) is 1. The SMILES string of the molecule is Cc1ccccc1-n1nc(C(=O)Nc2ccc(Cl)c(Cl)c2)nc1-c1cccc(Cl)c1. The first-order chi connectivity index (χ1) is 14.4. The van der Waals surface area contributed by atoms with Crippen molar-refractivity contribution in [3.05, 3.63) is 93.2 Å². The summed E-state index contributed by atoms with van der Waals surface area (Å²) in [6, 6.07) is 19.8. The van der Waals surface area contributed by atoms with Crippen LogP contribution in [0.15, 0.2) is 66.7 Å². The van der Waals surface area contributed by atoms with E-state index in [4.69, 9.17) is 34.8 Å². The fraction of sp³-hybridized carbons (Fsp3) is 0.0455. The highest BCUT2D eigenvalue weighted by Gasteiger charge is 2.20. The van der Waals surface area contributed by atoms with E-state index < -0.39 is 5.91 Å². The zero-order valence-electron chi connectivity index (χ0n) is 15.7. The first kappa shape index (κ1) is 20.4. The van der Waals surface area contributed by atoms with E-state index >= 15 is 0 Å². The predicted octanol–water partition coefficient (Wildman–Crippen LogP) is 6.46. The van der Waals surface area contributed by atoms with Gasteiger partial charge in [0.2, 0.25) is 5.82 Å². The lowest BCUT2D eigenvalue weighted by Crippen LogP contribution is -2.14. The van der Waals surface area contributed by atoms with Crippen molar-refractivity contribution in [1.29, 1.82) is 0 Å². The van der Waals surface area contributed by atoms with Gasteiger partial charge >= 0.3 is 0 Å². The highest BCUT2D eigenvalue weighted by molar-refractivity contribution is 6.42. The van der Waals surface area contributed by atoms with Crippen LogP contribution in [0.4, 0.5) is 5.69 Å². The Hall–Kier alpha value is -2.86. The maximum Gasteiger partial charge on any atom is 0.295 e. The average Bonchev–Trinajstić information content (AvgIpc) is 3.16. The lowest BCUT2D eigenvalue weighted by Gasteiger charge is -2.08. The number of aromatic nitrogens is 3. The molecule has 5 nitrogen and oxygen atoms in total. The van der Waals surface area contributed by atoms with Gasteiger partial charge in [-0.2, -0.15) is 0 Å². The molecule has 30 heavy (non-hydrogen) atoms. The van der Waals surface area contributed by atoms with Crippen LogP contribution in [0.5, 0.6) is 0 Å². The molecule has 0 unspecified atom stereocenters. The predicted molar refractivity (Wildman–Crippen MR) is 121 cm³/mol. The molecule has 3 aromatic carbocycles. The van der Waals surface area contributed by atoms with Gasteiger partial charge in [0.1, 0.15) is 0 Å². The normalized spacial score (nSPS) is 10.8. The second-order valence-corrected chi connectivity index (χ2v) is 7.80. The molecule has 150 valence electrons. The first-order valence-electron chi connectivity index (χ1n) is 8.98. The molecule has 0 spiro atoms. The molecule has 0 aliphatic heterocycles. The number of nitrogens with zero attached hydrogens (tertiary/aromatic N) is 3. The monoisotopic (exact) mass is 456 g/mol. The van der Waals surface area contributed by atoms with E-state index in [1.807, 2.05) is 43.3 Å². The van der Waals surface area contributed by atoms with Gasteiger partial charge in [0.25, 0.3) is 5.91 Å². The minimum Gasteiger partial charge on any atom is -0.319 e. The number of halogens is 3. The van der Waals surface area contributed by atoms with E-state index in [0.717, 1.165) is 16.8 Å². The second-order valence-electron chi connectivity index (χ2n) is 6.55. The summed E-state index contributed by atoms with van der Waals surface area (Å²) < 4.78 is 1.64. The molecule has 1 heterocycles. The molecule has 1 amide bonds. The van der Waals surface area contributed by atoms with Crippen molar-refractivity contribution >= 4 is 46.4 Å². The Bertz CT molecular complexity index is 1250. The number of carbonyl (C=O) groups excluding carboxylic acids is 1. The maximum absolute atomic E-state index is 12.8. The number of anilines is 1. The molecule has 0 saturated carbocycles. The van der Waals surface area contributed by atoms with Gasteiger partial charge in [-0.1, -0.05) is 65.1 Å². The second kappa shape index (κ2) is 8.48. The van der Waals surface area contributed by atoms with E-state index in [0.29, 0.717) is 26.6 Å². The molecule has 8 heteroatoms. The zero-order chi connectivity index (χ0) is 21.3. The Kier molecular flexibility index (Phi) is 5.77. The Balaban J connectivity index is 1.77. The average molecular weight is 458 g/mol. The molecule has 1 aromatic heterocycles. The van der Waals surface area contributed by atoms with Crippen molar-refractivity contribution in [2.75, 3.05) is 5.32 Å². The molecule has 0 fully saturated rings.